The van der Waals surface area contributed by atoms with Crippen molar-refractivity contribution in [3.8, 4) is 6.01 Å². The van der Waals surface area contributed by atoms with Crippen molar-refractivity contribution in [1.82, 2.24) is 15.0 Å². The van der Waals surface area contributed by atoms with Crippen LogP contribution in [0, 0.1) is 0 Å². The molecule has 0 spiro atoms. The number of nitrogens with zero attached hydrogens (tertiary/aromatic N) is 3. The monoisotopic (exact) mass is 300 g/mol. The first-order valence-electron chi connectivity index (χ1n) is 6.25. The number of carbonyl (C=O) groups is 1. The van der Waals surface area contributed by atoms with Gasteiger partial charge in [-0.15, -0.1) is 0 Å². The highest BCUT2D eigenvalue weighted by atomic mass is 32.2. The molecule has 1 heterocycles. The number of nitrogens with one attached hydrogen (secondary N) is 1. The normalized spacial score (nSPS) is 11.1. The Bertz CT molecular complexity index is 463. The van der Waals surface area contributed by atoms with Gasteiger partial charge in [0.05, 0.1) is 12.4 Å². The van der Waals surface area contributed by atoms with Crippen LogP contribution in [0.5, 0.6) is 6.01 Å². The second-order valence-corrected chi connectivity index (χ2v) is 5.72. The Hall–Kier alpha value is -1.57. The Morgan fingerprint density at radius 3 is 2.55 bits per heavy atom. The van der Waals surface area contributed by atoms with Crippen LogP contribution in [0.4, 0.5) is 5.95 Å². The van der Waals surface area contributed by atoms with Crippen LogP contribution in [-0.4, -0.2) is 45.9 Å². The zero-order chi connectivity index (χ0) is 15.2. The lowest BCUT2D eigenvalue weighted by molar-refractivity contribution is -0.151. The van der Waals surface area contributed by atoms with Crippen LogP contribution in [0.1, 0.15) is 27.7 Å². The molecule has 7 nitrogen and oxygen atoms in total. The van der Waals surface area contributed by atoms with Crippen molar-refractivity contribution < 1.29 is 14.3 Å². The predicted octanol–water partition coefficient (Wildman–Crippen LogP) is 1.75. The van der Waals surface area contributed by atoms with Crippen molar-refractivity contribution in [2.75, 3.05) is 24.7 Å². The third kappa shape index (κ3) is 6.05. The number of esters is 1. The molecule has 1 aromatic heterocycles. The van der Waals surface area contributed by atoms with E-state index in [1.165, 1.54) is 11.8 Å². The minimum atomic E-state index is -0.497. The van der Waals surface area contributed by atoms with Crippen molar-refractivity contribution in [3.05, 3.63) is 0 Å². The summed E-state index contributed by atoms with van der Waals surface area (Å²) in [6, 6.07) is 0.235. The molecule has 0 radical (unpaired) electrons. The minimum Gasteiger partial charge on any atom is -0.464 e. The third-order valence-corrected chi connectivity index (χ3v) is 2.65. The standard InChI is InChI=1S/C12H20N4O3S/c1-6-18-10-14-9(13-5)15-11(16-10)20-7-8(17)19-12(2,3)4/h6-7H2,1-5H3,(H,13,14,15,16). The second-order valence-electron chi connectivity index (χ2n) is 4.78. The van der Waals surface area contributed by atoms with Crippen molar-refractivity contribution >= 4 is 23.7 Å². The van der Waals surface area contributed by atoms with Gasteiger partial charge in [-0.3, -0.25) is 4.79 Å². The van der Waals surface area contributed by atoms with Crippen molar-refractivity contribution in [2.24, 2.45) is 0 Å². The van der Waals surface area contributed by atoms with E-state index in [-0.39, 0.29) is 17.7 Å². The summed E-state index contributed by atoms with van der Waals surface area (Å²) in [5, 5.41) is 3.24. The largest absolute Gasteiger partial charge is 0.464 e. The summed E-state index contributed by atoms with van der Waals surface area (Å²) in [6.45, 7) is 7.78. The molecule has 8 heteroatoms. The third-order valence-electron chi connectivity index (χ3n) is 1.83. The average molecular weight is 300 g/mol. The maximum atomic E-state index is 11.6. The average Bonchev–Trinajstić information content (AvgIpc) is 2.34. The van der Waals surface area contributed by atoms with Gasteiger partial charge in [0, 0.05) is 7.05 Å². The number of hydrogen-bond acceptors (Lipinski definition) is 8. The first-order valence-corrected chi connectivity index (χ1v) is 7.24. The van der Waals surface area contributed by atoms with E-state index in [2.05, 4.69) is 20.3 Å². The molecule has 112 valence electrons. The summed E-state index contributed by atoms with van der Waals surface area (Å²) in [5.41, 5.74) is -0.497. The second kappa shape index (κ2) is 7.28. The summed E-state index contributed by atoms with van der Waals surface area (Å²) >= 11 is 1.18. The Morgan fingerprint density at radius 2 is 2.00 bits per heavy atom. The van der Waals surface area contributed by atoms with E-state index in [4.69, 9.17) is 9.47 Å². The van der Waals surface area contributed by atoms with Gasteiger partial charge < -0.3 is 14.8 Å². The Morgan fingerprint density at radius 1 is 1.30 bits per heavy atom. The number of anilines is 1. The van der Waals surface area contributed by atoms with E-state index in [0.717, 1.165) is 0 Å². The molecule has 20 heavy (non-hydrogen) atoms. The molecule has 1 aromatic rings. The van der Waals surface area contributed by atoms with E-state index in [1.807, 2.05) is 27.7 Å². The highest BCUT2D eigenvalue weighted by molar-refractivity contribution is 7.99. The molecule has 0 bridgehead atoms. The minimum absolute atomic E-state index is 0.135. The quantitative estimate of drug-likeness (QED) is 0.628. The fraction of sp³-hybridized carbons (Fsp3) is 0.667. The predicted molar refractivity (Wildman–Crippen MR) is 77.1 cm³/mol. The van der Waals surface area contributed by atoms with Gasteiger partial charge in [0.2, 0.25) is 5.95 Å². The fourth-order valence-corrected chi connectivity index (χ4v) is 1.80. The van der Waals surface area contributed by atoms with Gasteiger partial charge in [-0.25, -0.2) is 0 Å². The van der Waals surface area contributed by atoms with E-state index < -0.39 is 5.60 Å². The molecule has 0 aliphatic heterocycles. The molecule has 0 atom stereocenters. The first-order chi connectivity index (χ1) is 9.34. The molecule has 0 amide bonds. The summed E-state index contributed by atoms with van der Waals surface area (Å²) in [7, 11) is 1.70. The van der Waals surface area contributed by atoms with E-state index >= 15 is 0 Å². The number of aromatic nitrogens is 3. The number of carbonyl (C=O) groups excluding carboxylic acids is 1. The van der Waals surface area contributed by atoms with Gasteiger partial charge in [0.15, 0.2) is 5.16 Å². The number of rotatable bonds is 6. The number of ether oxygens (including phenoxy) is 2. The molecule has 0 saturated carbocycles. The highest BCUT2D eigenvalue weighted by Crippen LogP contribution is 2.18. The van der Waals surface area contributed by atoms with Crippen LogP contribution in [0.15, 0.2) is 5.16 Å². The molecular formula is C12H20N4O3S. The smallest absolute Gasteiger partial charge is 0.322 e. The van der Waals surface area contributed by atoms with Gasteiger partial charge in [-0.05, 0) is 27.7 Å². The summed E-state index contributed by atoms with van der Waals surface area (Å²) in [4.78, 5) is 23.9. The van der Waals surface area contributed by atoms with Crippen LogP contribution in [0.3, 0.4) is 0 Å². The molecule has 0 aliphatic rings. The van der Waals surface area contributed by atoms with Gasteiger partial charge >= 0.3 is 12.0 Å². The Balaban J connectivity index is 2.67. The zero-order valence-electron chi connectivity index (χ0n) is 12.4. The molecule has 1 N–H and O–H groups in total. The maximum Gasteiger partial charge on any atom is 0.322 e. The van der Waals surface area contributed by atoms with E-state index in [1.54, 1.807) is 7.05 Å². The molecule has 0 fully saturated rings. The first kappa shape index (κ1) is 16.5. The van der Waals surface area contributed by atoms with E-state index in [9.17, 15) is 4.79 Å². The van der Waals surface area contributed by atoms with Crippen molar-refractivity contribution in [3.63, 3.8) is 0 Å². The van der Waals surface area contributed by atoms with Crippen LogP contribution >= 0.6 is 11.8 Å². The molecule has 0 unspecified atom stereocenters. The Kier molecular flexibility index (Phi) is 6.00. The lowest BCUT2D eigenvalue weighted by Crippen LogP contribution is -2.25. The number of hydrogen-bond donors (Lipinski definition) is 1. The fourth-order valence-electron chi connectivity index (χ4n) is 1.20. The molecular weight excluding hydrogens is 280 g/mol. The summed E-state index contributed by atoms with van der Waals surface area (Å²) < 4.78 is 10.5. The van der Waals surface area contributed by atoms with Crippen molar-refractivity contribution in [1.29, 1.82) is 0 Å². The number of thioether (sulfide) groups is 1. The summed E-state index contributed by atoms with van der Waals surface area (Å²) in [5.74, 6) is 0.220. The molecule has 1 rings (SSSR count). The highest BCUT2D eigenvalue weighted by Gasteiger charge is 2.17. The van der Waals surface area contributed by atoms with Crippen LogP contribution < -0.4 is 10.1 Å². The van der Waals surface area contributed by atoms with Gasteiger partial charge in [-0.2, -0.15) is 15.0 Å². The molecule has 0 saturated heterocycles. The zero-order valence-corrected chi connectivity index (χ0v) is 13.2. The van der Waals surface area contributed by atoms with Crippen LogP contribution in [0.25, 0.3) is 0 Å². The van der Waals surface area contributed by atoms with Crippen LogP contribution in [-0.2, 0) is 9.53 Å². The Labute approximate surface area is 122 Å². The molecule has 0 aromatic carbocycles. The van der Waals surface area contributed by atoms with Crippen LogP contribution in [0.2, 0.25) is 0 Å². The summed E-state index contributed by atoms with van der Waals surface area (Å²) in [6.07, 6.45) is 0. The van der Waals surface area contributed by atoms with Gasteiger partial charge in [0.25, 0.3) is 0 Å². The van der Waals surface area contributed by atoms with Gasteiger partial charge in [-0.1, -0.05) is 11.8 Å². The lowest BCUT2D eigenvalue weighted by atomic mass is 10.2. The van der Waals surface area contributed by atoms with Crippen molar-refractivity contribution in [2.45, 2.75) is 38.5 Å². The van der Waals surface area contributed by atoms with Gasteiger partial charge in [0.1, 0.15) is 5.60 Å². The topological polar surface area (TPSA) is 86.2 Å². The van der Waals surface area contributed by atoms with E-state index in [0.29, 0.717) is 17.7 Å². The molecule has 0 aliphatic carbocycles. The SMILES string of the molecule is CCOc1nc(NC)nc(SCC(=O)OC(C)(C)C)n1. The lowest BCUT2D eigenvalue weighted by Gasteiger charge is -2.19. The maximum absolute atomic E-state index is 11.6.